The predicted octanol–water partition coefficient (Wildman–Crippen LogP) is 3.42. The highest BCUT2D eigenvalue weighted by Gasteiger charge is 2.57. The Hall–Kier alpha value is -2.73. The summed E-state index contributed by atoms with van der Waals surface area (Å²) in [4.78, 5) is 20.2. The summed E-state index contributed by atoms with van der Waals surface area (Å²) >= 11 is 0. The van der Waals surface area contributed by atoms with Crippen molar-refractivity contribution in [3.05, 3.63) is 46.2 Å². The van der Waals surface area contributed by atoms with Crippen LogP contribution in [0.3, 0.4) is 0 Å². The lowest BCUT2D eigenvalue weighted by atomic mass is 9.44. The number of pyridine rings is 1. The zero-order chi connectivity index (χ0) is 16.7. The number of rotatable bonds is 6. The average molecular weight is 326 g/mol. The number of nitrogens with zero attached hydrogens (tertiary/aromatic N) is 6. The third-order valence-corrected chi connectivity index (χ3v) is 5.19. The van der Waals surface area contributed by atoms with Gasteiger partial charge >= 0.3 is 6.09 Å². The number of hydrogen-bond acceptors (Lipinski definition) is 3. The third kappa shape index (κ3) is 2.55. The number of hydrogen-bond donors (Lipinski definition) is 1. The first-order valence-corrected chi connectivity index (χ1v) is 8.02. The second kappa shape index (κ2) is 5.42. The van der Waals surface area contributed by atoms with Crippen molar-refractivity contribution in [2.24, 2.45) is 16.4 Å². The van der Waals surface area contributed by atoms with Gasteiger partial charge in [0.1, 0.15) is 5.65 Å². The summed E-state index contributed by atoms with van der Waals surface area (Å²) in [5.74, 6) is 0.845. The molecule has 3 aliphatic rings. The van der Waals surface area contributed by atoms with Gasteiger partial charge in [0, 0.05) is 23.9 Å². The summed E-state index contributed by atoms with van der Waals surface area (Å²) in [6.45, 7) is 1.21. The van der Waals surface area contributed by atoms with E-state index in [9.17, 15) is 9.90 Å². The molecule has 0 aliphatic heterocycles. The highest BCUT2D eigenvalue weighted by Crippen LogP contribution is 2.64. The Morgan fingerprint density at radius 3 is 2.88 bits per heavy atom. The Morgan fingerprint density at radius 2 is 2.25 bits per heavy atom. The van der Waals surface area contributed by atoms with E-state index >= 15 is 0 Å². The van der Waals surface area contributed by atoms with Gasteiger partial charge in [-0.15, -0.1) is 0 Å². The van der Waals surface area contributed by atoms with Crippen LogP contribution in [0.15, 0.2) is 29.6 Å². The first kappa shape index (κ1) is 14.8. The van der Waals surface area contributed by atoms with Crippen molar-refractivity contribution < 1.29 is 9.90 Å². The van der Waals surface area contributed by atoms with Crippen molar-refractivity contribution >= 4 is 11.7 Å². The Labute approximate surface area is 138 Å². The fourth-order valence-electron chi connectivity index (χ4n) is 4.03. The van der Waals surface area contributed by atoms with E-state index in [0.29, 0.717) is 18.8 Å². The predicted molar refractivity (Wildman–Crippen MR) is 86.3 cm³/mol. The Kier molecular flexibility index (Phi) is 3.35. The first-order valence-electron chi connectivity index (χ1n) is 8.02. The minimum atomic E-state index is -0.866. The minimum absolute atomic E-state index is 0.207. The van der Waals surface area contributed by atoms with Gasteiger partial charge in [0.25, 0.3) is 0 Å². The molecule has 1 amide bonds. The van der Waals surface area contributed by atoms with Crippen molar-refractivity contribution in [3.63, 3.8) is 0 Å². The molecular formula is C16H18N6O2. The van der Waals surface area contributed by atoms with Gasteiger partial charge in [-0.05, 0) is 47.8 Å². The van der Waals surface area contributed by atoms with E-state index in [-0.39, 0.29) is 12.0 Å². The molecule has 0 aromatic carbocycles. The molecule has 0 radical (unpaired) electrons. The molecule has 8 nitrogen and oxygen atoms in total. The molecule has 3 aliphatic carbocycles. The fourth-order valence-corrected chi connectivity index (χ4v) is 4.03. The van der Waals surface area contributed by atoms with Crippen molar-refractivity contribution in [1.29, 1.82) is 0 Å². The molecule has 1 N–H and O–H groups in total. The molecule has 0 atom stereocenters. The molecule has 5 rings (SSSR count). The Bertz CT molecular complexity index is 836. The van der Waals surface area contributed by atoms with Crippen LogP contribution in [0.25, 0.3) is 16.1 Å². The molecule has 2 aromatic rings. The molecule has 2 aromatic heterocycles. The third-order valence-electron chi connectivity index (χ3n) is 5.19. The number of fused-ring (bicyclic) bond motifs is 1. The lowest BCUT2D eigenvalue weighted by molar-refractivity contribution is -0.121. The normalized spacial score (nSPS) is 23.9. The summed E-state index contributed by atoms with van der Waals surface area (Å²) in [5, 5.41) is 13.0. The highest BCUT2D eigenvalue weighted by molar-refractivity contribution is 5.65. The van der Waals surface area contributed by atoms with Crippen LogP contribution in [0, 0.1) is 11.3 Å². The van der Waals surface area contributed by atoms with Gasteiger partial charge in [-0.25, -0.2) is 9.78 Å². The summed E-state index contributed by atoms with van der Waals surface area (Å²) in [5.41, 5.74) is 11.0. The molecule has 0 saturated heterocycles. The Balaban J connectivity index is 1.51. The highest BCUT2D eigenvalue weighted by atomic mass is 16.4. The quantitative estimate of drug-likeness (QED) is 0.499. The van der Waals surface area contributed by atoms with E-state index < -0.39 is 6.09 Å². The van der Waals surface area contributed by atoms with Crippen molar-refractivity contribution in [2.75, 3.05) is 6.54 Å². The molecule has 8 heteroatoms. The summed E-state index contributed by atoms with van der Waals surface area (Å²) in [6, 6.07) is 3.76. The van der Waals surface area contributed by atoms with Gasteiger partial charge in [0.2, 0.25) is 0 Å². The maximum atomic E-state index is 11.6. The molecule has 0 spiro atoms. The van der Waals surface area contributed by atoms with E-state index in [1.54, 1.807) is 6.20 Å². The zero-order valence-corrected chi connectivity index (χ0v) is 13.2. The summed E-state index contributed by atoms with van der Waals surface area (Å²) < 4.78 is 1.85. The largest absolute Gasteiger partial charge is 0.465 e. The lowest BCUT2D eigenvalue weighted by Gasteiger charge is -2.63. The van der Waals surface area contributed by atoms with E-state index in [2.05, 4.69) is 15.0 Å². The van der Waals surface area contributed by atoms with Crippen LogP contribution in [0.4, 0.5) is 4.79 Å². The molecular weight excluding hydrogens is 308 g/mol. The topological polar surface area (TPSA) is 107 Å². The smallest absolute Gasteiger partial charge is 0.407 e. The molecule has 2 bridgehead atoms. The fraction of sp³-hybridized carbons (Fsp3) is 0.500. The van der Waals surface area contributed by atoms with Crippen molar-refractivity contribution in [2.45, 2.75) is 32.4 Å². The van der Waals surface area contributed by atoms with Crippen molar-refractivity contribution in [1.82, 2.24) is 14.3 Å². The van der Waals surface area contributed by atoms with Gasteiger partial charge in [0.15, 0.2) is 0 Å². The van der Waals surface area contributed by atoms with E-state index in [1.165, 1.54) is 24.2 Å². The van der Waals surface area contributed by atoms with Crippen LogP contribution in [0.1, 0.15) is 30.5 Å². The van der Waals surface area contributed by atoms with Crippen LogP contribution in [-0.2, 0) is 13.1 Å². The van der Waals surface area contributed by atoms with Gasteiger partial charge in [0.05, 0.1) is 18.8 Å². The van der Waals surface area contributed by atoms with Gasteiger partial charge in [-0.3, -0.25) is 0 Å². The molecule has 3 saturated carbocycles. The van der Waals surface area contributed by atoms with E-state index in [0.717, 1.165) is 17.1 Å². The number of amides is 1. The zero-order valence-electron chi connectivity index (χ0n) is 13.2. The van der Waals surface area contributed by atoms with Crippen LogP contribution in [0.5, 0.6) is 0 Å². The monoisotopic (exact) mass is 326 g/mol. The molecule has 0 unspecified atom stereocenters. The number of carbonyl (C=O) groups is 1. The minimum Gasteiger partial charge on any atom is -0.465 e. The van der Waals surface area contributed by atoms with Crippen LogP contribution in [0.2, 0.25) is 0 Å². The number of imidazole rings is 1. The number of carboxylic acid groups (broad SMARTS) is 1. The SMILES string of the molecule is [N-]=[N+]=NCc1cn2cc(CN(CC34CC(C3)C4)C(=O)O)ccc2n1. The second-order valence-corrected chi connectivity index (χ2v) is 7.04. The van der Waals surface area contributed by atoms with Crippen molar-refractivity contribution in [3.8, 4) is 0 Å². The van der Waals surface area contributed by atoms with Crippen LogP contribution in [-0.4, -0.2) is 32.0 Å². The first-order chi connectivity index (χ1) is 11.6. The van der Waals surface area contributed by atoms with Crippen LogP contribution < -0.4 is 0 Å². The summed E-state index contributed by atoms with van der Waals surface area (Å²) in [7, 11) is 0. The van der Waals surface area contributed by atoms with E-state index in [4.69, 9.17) is 5.53 Å². The second-order valence-electron chi connectivity index (χ2n) is 7.04. The Morgan fingerprint density at radius 1 is 1.46 bits per heavy atom. The van der Waals surface area contributed by atoms with Crippen LogP contribution >= 0.6 is 0 Å². The lowest BCUT2D eigenvalue weighted by Crippen LogP contribution is -2.58. The number of aromatic nitrogens is 2. The maximum absolute atomic E-state index is 11.6. The molecule has 124 valence electrons. The molecule has 3 fully saturated rings. The van der Waals surface area contributed by atoms with Gasteiger partial charge in [-0.2, -0.15) is 0 Å². The molecule has 24 heavy (non-hydrogen) atoms. The summed E-state index contributed by atoms with van der Waals surface area (Å²) in [6.07, 6.45) is 6.37. The van der Waals surface area contributed by atoms with E-state index in [1.807, 2.05) is 22.7 Å². The van der Waals surface area contributed by atoms with Gasteiger partial charge < -0.3 is 14.4 Å². The average Bonchev–Trinajstić information content (AvgIpc) is 2.87. The van der Waals surface area contributed by atoms with Gasteiger partial charge in [-0.1, -0.05) is 11.2 Å². The number of azide groups is 1. The maximum Gasteiger partial charge on any atom is 0.407 e. The standard InChI is InChI=1S/C16H18N6O2/c17-20-18-6-13-9-21-7-11(1-2-14(21)19-13)8-22(15(23)24)10-16-3-12(4-16)5-16/h1-2,7,9,12H,3-6,8,10H2,(H,23,24). The molecule has 2 heterocycles.